The average molecular weight is 529 g/mol. The van der Waals surface area contributed by atoms with E-state index >= 15 is 0 Å². The van der Waals surface area contributed by atoms with Gasteiger partial charge in [-0.25, -0.2) is 18.4 Å². The Morgan fingerprint density at radius 1 is 1.00 bits per heavy atom. The van der Waals surface area contributed by atoms with Gasteiger partial charge in [0.25, 0.3) is 0 Å². The van der Waals surface area contributed by atoms with Crippen LogP contribution >= 0.6 is 11.3 Å². The van der Waals surface area contributed by atoms with E-state index in [2.05, 4.69) is 19.8 Å². The number of halogens is 3. The highest BCUT2D eigenvalue weighted by Crippen LogP contribution is 2.45. The van der Waals surface area contributed by atoms with E-state index in [1.807, 2.05) is 0 Å². The lowest BCUT2D eigenvalue weighted by Gasteiger charge is -2.61. The van der Waals surface area contributed by atoms with Gasteiger partial charge in [-0.05, 0) is 56.4 Å². The van der Waals surface area contributed by atoms with Gasteiger partial charge in [-0.1, -0.05) is 0 Å². The van der Waals surface area contributed by atoms with Crippen LogP contribution in [0.4, 0.5) is 19.0 Å². The number of anilines is 1. The van der Waals surface area contributed by atoms with Gasteiger partial charge in [0.2, 0.25) is 0 Å². The molecule has 192 valence electrons. The van der Waals surface area contributed by atoms with Crippen molar-refractivity contribution >= 4 is 37.2 Å². The zero-order valence-corrected chi connectivity index (χ0v) is 21.3. The van der Waals surface area contributed by atoms with Crippen LogP contribution in [-0.2, 0) is 16.3 Å². The summed E-state index contributed by atoms with van der Waals surface area (Å²) in [5.41, 5.74) is 0.262. The van der Waals surface area contributed by atoms with Crippen molar-refractivity contribution in [3.8, 4) is 0 Å². The number of nitrogens with zero attached hydrogens (tertiary/aromatic N) is 4. The van der Waals surface area contributed by atoms with Crippen molar-refractivity contribution in [1.82, 2.24) is 14.9 Å². The number of fused-ring (bicyclic) bond motifs is 1. The smallest absolute Gasteiger partial charge is 0.355 e. The lowest BCUT2D eigenvalue weighted by molar-refractivity contribution is -0.126. The molecule has 6 nitrogen and oxygen atoms in total. The molecule has 2 aliphatic carbocycles. The van der Waals surface area contributed by atoms with Crippen molar-refractivity contribution in [2.45, 2.75) is 56.4 Å². The maximum Gasteiger partial charge on any atom is 0.393 e. The molecule has 2 aromatic heterocycles. The molecular weight excluding hydrogens is 497 g/mol. The average Bonchev–Trinajstić information content (AvgIpc) is 3.50. The van der Waals surface area contributed by atoms with Gasteiger partial charge in [-0.2, -0.15) is 13.2 Å². The van der Waals surface area contributed by atoms with Crippen molar-refractivity contribution in [1.29, 1.82) is 0 Å². The van der Waals surface area contributed by atoms with Crippen molar-refractivity contribution in [2.75, 3.05) is 43.4 Å². The molecule has 4 heterocycles. The Morgan fingerprint density at radius 2 is 1.69 bits per heavy atom. The predicted octanol–water partition coefficient (Wildman–Crippen LogP) is 4.30. The molecule has 2 aromatic rings. The van der Waals surface area contributed by atoms with Crippen molar-refractivity contribution < 1.29 is 21.6 Å². The van der Waals surface area contributed by atoms with Crippen LogP contribution in [0.1, 0.15) is 43.4 Å². The van der Waals surface area contributed by atoms with Crippen LogP contribution in [0.5, 0.6) is 0 Å². The molecule has 0 unspecified atom stereocenters. The number of alkyl halides is 3. The predicted molar refractivity (Wildman–Crippen MR) is 131 cm³/mol. The Labute approximate surface area is 207 Å². The van der Waals surface area contributed by atoms with Crippen molar-refractivity contribution in [2.24, 2.45) is 17.3 Å². The fourth-order valence-corrected chi connectivity index (χ4v) is 9.55. The number of thiophene rings is 1. The second-order valence-corrected chi connectivity index (χ2v) is 14.8. The molecular formula is C24H31F3N4O2S2. The van der Waals surface area contributed by atoms with Gasteiger partial charge >= 0.3 is 6.18 Å². The largest absolute Gasteiger partial charge is 0.393 e. The lowest BCUT2D eigenvalue weighted by Crippen LogP contribution is -2.72. The second-order valence-electron chi connectivity index (χ2n) is 11.4. The Bertz CT molecular complexity index is 1190. The number of rotatable bonds is 7. The summed E-state index contributed by atoms with van der Waals surface area (Å²) in [7, 11) is -2.85. The summed E-state index contributed by atoms with van der Waals surface area (Å²) in [5.74, 6) is 2.15. The molecule has 11 heteroatoms. The zero-order valence-electron chi connectivity index (χ0n) is 19.6. The van der Waals surface area contributed by atoms with Gasteiger partial charge in [-0.15, -0.1) is 11.3 Å². The Balaban J connectivity index is 0.978. The van der Waals surface area contributed by atoms with E-state index in [4.69, 9.17) is 0 Å². The molecule has 0 atom stereocenters. The van der Waals surface area contributed by atoms with Crippen LogP contribution in [0, 0.1) is 17.3 Å². The minimum atomic E-state index is -4.22. The highest BCUT2D eigenvalue weighted by atomic mass is 32.2. The first kappa shape index (κ1) is 23.9. The number of sulfone groups is 1. The number of aromatic nitrogens is 2. The number of hydrogen-bond acceptors (Lipinski definition) is 7. The summed E-state index contributed by atoms with van der Waals surface area (Å²) in [6.07, 6.45) is 2.34. The Kier molecular flexibility index (Phi) is 5.84. The summed E-state index contributed by atoms with van der Waals surface area (Å²) in [5, 5.41) is 0.683. The molecule has 0 N–H and O–H groups in total. The molecule has 0 amide bonds. The third-order valence-corrected chi connectivity index (χ3v) is 11.7. The van der Waals surface area contributed by atoms with Gasteiger partial charge in [0.1, 0.15) is 17.0 Å². The molecule has 2 aliphatic heterocycles. The standard InChI is InChI=1S/C24H31F3N4O2S2/c25-24(26,27)8-18-7-20-21(28-15-29-22(20)34-18)31-13-23(14-31)11-30(12-23)9-16-1-3-17(4-2-16)10-35(32,33)19-5-6-19/h7,15-17,19H,1-6,8-14H2. The van der Waals surface area contributed by atoms with Crippen molar-refractivity contribution in [3.63, 3.8) is 0 Å². The summed E-state index contributed by atoms with van der Waals surface area (Å²) in [6, 6.07) is 1.60. The van der Waals surface area contributed by atoms with E-state index in [1.54, 1.807) is 6.07 Å². The maximum atomic E-state index is 12.8. The molecule has 2 saturated carbocycles. The van der Waals surface area contributed by atoms with E-state index in [1.165, 1.54) is 6.33 Å². The summed E-state index contributed by atoms with van der Waals surface area (Å²) in [4.78, 5) is 14.2. The third-order valence-electron chi connectivity index (χ3n) is 8.19. The molecule has 1 spiro atoms. The normalized spacial score (nSPS) is 27.2. The van der Waals surface area contributed by atoms with E-state index in [-0.39, 0.29) is 15.5 Å². The molecule has 4 fully saturated rings. The first-order valence-electron chi connectivity index (χ1n) is 12.6. The molecule has 4 aliphatic rings. The van der Waals surface area contributed by atoms with Crippen LogP contribution in [0.25, 0.3) is 10.2 Å². The topological polar surface area (TPSA) is 66.4 Å². The van der Waals surface area contributed by atoms with Crippen LogP contribution in [0.3, 0.4) is 0 Å². The molecule has 0 radical (unpaired) electrons. The summed E-state index contributed by atoms with van der Waals surface area (Å²) in [6.45, 7) is 4.96. The van der Waals surface area contributed by atoms with Gasteiger partial charge in [0.15, 0.2) is 9.84 Å². The Hall–Kier alpha value is -1.46. The van der Waals surface area contributed by atoms with Crippen LogP contribution < -0.4 is 4.90 Å². The lowest BCUT2D eigenvalue weighted by atomic mass is 9.72. The van der Waals surface area contributed by atoms with Crippen LogP contribution in [0.15, 0.2) is 12.4 Å². The van der Waals surface area contributed by atoms with Gasteiger partial charge in [0.05, 0.1) is 22.8 Å². The third kappa shape index (κ3) is 5.05. The number of hydrogen-bond donors (Lipinski definition) is 0. The van der Waals surface area contributed by atoms with Gasteiger partial charge in [0, 0.05) is 43.0 Å². The molecule has 0 aromatic carbocycles. The molecule has 0 bridgehead atoms. The fraction of sp³-hybridized carbons (Fsp3) is 0.750. The van der Waals surface area contributed by atoms with E-state index in [9.17, 15) is 21.6 Å². The van der Waals surface area contributed by atoms with E-state index in [0.29, 0.717) is 22.4 Å². The fourth-order valence-electron chi connectivity index (χ4n) is 6.41. The highest BCUT2D eigenvalue weighted by molar-refractivity contribution is 7.92. The first-order chi connectivity index (χ1) is 16.6. The van der Waals surface area contributed by atoms with Crippen LogP contribution in [-0.4, -0.2) is 73.2 Å². The van der Waals surface area contributed by atoms with Gasteiger partial charge < -0.3 is 9.80 Å². The van der Waals surface area contributed by atoms with Crippen LogP contribution in [0.2, 0.25) is 0 Å². The summed E-state index contributed by atoms with van der Waals surface area (Å²) >= 11 is 1.10. The second kappa shape index (κ2) is 8.55. The van der Waals surface area contributed by atoms with Crippen molar-refractivity contribution in [3.05, 3.63) is 17.3 Å². The quantitative estimate of drug-likeness (QED) is 0.534. The minimum Gasteiger partial charge on any atom is -0.355 e. The first-order valence-corrected chi connectivity index (χ1v) is 15.1. The Morgan fingerprint density at radius 3 is 2.34 bits per heavy atom. The maximum absolute atomic E-state index is 12.8. The van der Waals surface area contributed by atoms with E-state index < -0.39 is 22.4 Å². The minimum absolute atomic E-state index is 0.0420. The summed E-state index contributed by atoms with van der Waals surface area (Å²) < 4.78 is 63.0. The molecule has 2 saturated heterocycles. The highest BCUT2D eigenvalue weighted by Gasteiger charge is 2.52. The molecule has 35 heavy (non-hydrogen) atoms. The SMILES string of the molecule is O=S(=O)(CC1CCC(CN2CC3(C2)CN(c2ncnc4sc(CC(F)(F)F)cc24)C3)CC1)C1CC1. The van der Waals surface area contributed by atoms with Gasteiger partial charge in [-0.3, -0.25) is 0 Å². The number of likely N-dealkylation sites (tertiary alicyclic amines) is 1. The zero-order chi connectivity index (χ0) is 24.4. The monoisotopic (exact) mass is 528 g/mol. The van der Waals surface area contributed by atoms with E-state index in [0.717, 1.165) is 93.8 Å². The molecule has 6 rings (SSSR count).